The number of Topliss-reactive ketones (excluding diaryl/α,β-unsaturated/α-hetero) is 1. The van der Waals surface area contributed by atoms with Gasteiger partial charge < -0.3 is 9.64 Å². The second kappa shape index (κ2) is 6.10. The van der Waals surface area contributed by atoms with E-state index in [0.717, 1.165) is 30.8 Å². The van der Waals surface area contributed by atoms with Crippen molar-refractivity contribution in [2.45, 2.75) is 13.0 Å². The zero-order valence-corrected chi connectivity index (χ0v) is 12.3. The molecule has 1 aliphatic rings. The lowest BCUT2D eigenvalue weighted by Gasteiger charge is -2.25. The van der Waals surface area contributed by atoms with E-state index in [-0.39, 0.29) is 5.78 Å². The molecule has 2 aromatic rings. The molecule has 1 heterocycles. The van der Waals surface area contributed by atoms with E-state index in [2.05, 4.69) is 24.3 Å². The van der Waals surface area contributed by atoms with E-state index in [1.165, 1.54) is 16.0 Å². The molecule has 0 spiro atoms. The Bertz CT molecular complexity index is 634. The van der Waals surface area contributed by atoms with Crippen molar-refractivity contribution in [1.29, 1.82) is 0 Å². The molecule has 21 heavy (non-hydrogen) atoms. The number of carbonyl (C=O) groups is 1. The van der Waals surface area contributed by atoms with Gasteiger partial charge in [0.05, 0.1) is 13.7 Å². The molecule has 0 saturated carbocycles. The summed E-state index contributed by atoms with van der Waals surface area (Å²) in [4.78, 5) is 13.7. The van der Waals surface area contributed by atoms with Gasteiger partial charge in [0.25, 0.3) is 0 Å². The lowest BCUT2D eigenvalue weighted by Crippen LogP contribution is -3.12. The summed E-state index contributed by atoms with van der Waals surface area (Å²) in [5.41, 5.74) is 3.57. The Balaban J connectivity index is 1.65. The average molecular weight is 282 g/mol. The van der Waals surface area contributed by atoms with Crippen molar-refractivity contribution in [3.8, 4) is 5.75 Å². The van der Waals surface area contributed by atoms with Crippen LogP contribution in [0.5, 0.6) is 5.75 Å². The van der Waals surface area contributed by atoms with Crippen LogP contribution in [0.1, 0.15) is 21.5 Å². The highest BCUT2D eigenvalue weighted by Gasteiger charge is 2.21. The molecule has 1 aliphatic heterocycles. The molecular formula is C18H20NO2+. The van der Waals surface area contributed by atoms with Crippen molar-refractivity contribution < 1.29 is 14.4 Å². The number of nitrogens with one attached hydrogen (secondary N) is 1. The summed E-state index contributed by atoms with van der Waals surface area (Å²) in [7, 11) is 1.63. The number of ether oxygens (including phenoxy) is 1. The highest BCUT2D eigenvalue weighted by molar-refractivity contribution is 5.96. The van der Waals surface area contributed by atoms with Crippen LogP contribution >= 0.6 is 0 Å². The van der Waals surface area contributed by atoms with Crippen LogP contribution in [0.2, 0.25) is 0 Å². The largest absolute Gasteiger partial charge is 0.497 e. The van der Waals surface area contributed by atoms with E-state index in [4.69, 9.17) is 4.74 Å². The maximum Gasteiger partial charge on any atom is 0.216 e. The third-order valence-electron chi connectivity index (χ3n) is 4.13. The summed E-state index contributed by atoms with van der Waals surface area (Å²) in [6.07, 6.45) is 1.06. The van der Waals surface area contributed by atoms with Gasteiger partial charge in [-0.1, -0.05) is 24.3 Å². The predicted octanol–water partition coefficient (Wildman–Crippen LogP) is 1.52. The van der Waals surface area contributed by atoms with Gasteiger partial charge in [-0.05, 0) is 29.8 Å². The Morgan fingerprint density at radius 1 is 1.10 bits per heavy atom. The smallest absolute Gasteiger partial charge is 0.216 e. The van der Waals surface area contributed by atoms with Crippen LogP contribution in [0.4, 0.5) is 0 Å². The van der Waals surface area contributed by atoms with E-state index in [0.29, 0.717) is 6.54 Å². The summed E-state index contributed by atoms with van der Waals surface area (Å²) < 4.78 is 5.12. The fourth-order valence-corrected chi connectivity index (χ4v) is 2.90. The van der Waals surface area contributed by atoms with E-state index in [1.54, 1.807) is 7.11 Å². The van der Waals surface area contributed by atoms with Gasteiger partial charge in [-0.2, -0.15) is 0 Å². The van der Waals surface area contributed by atoms with Gasteiger partial charge in [-0.15, -0.1) is 0 Å². The van der Waals surface area contributed by atoms with Crippen LogP contribution in [-0.4, -0.2) is 26.0 Å². The van der Waals surface area contributed by atoms with Crippen LogP contribution in [-0.2, 0) is 13.0 Å². The number of methoxy groups -OCH3 is 1. The Morgan fingerprint density at radius 3 is 2.52 bits per heavy atom. The Labute approximate surface area is 125 Å². The van der Waals surface area contributed by atoms with Crippen LogP contribution in [0.3, 0.4) is 0 Å². The van der Waals surface area contributed by atoms with Gasteiger partial charge in [0.2, 0.25) is 5.78 Å². The normalized spacial score (nSPS) is 17.1. The number of hydrogen-bond donors (Lipinski definition) is 1. The first kappa shape index (κ1) is 13.8. The molecule has 0 amide bonds. The number of fused-ring (bicyclic) bond motifs is 1. The van der Waals surface area contributed by atoms with Gasteiger partial charge in [0.1, 0.15) is 18.8 Å². The maximum atomic E-state index is 12.4. The SMILES string of the molecule is COc1ccc(C(=O)C[NH+]2CCc3ccccc3C2)cc1. The van der Waals surface area contributed by atoms with Crippen LogP contribution in [0.25, 0.3) is 0 Å². The van der Waals surface area contributed by atoms with E-state index in [1.807, 2.05) is 24.3 Å². The topological polar surface area (TPSA) is 30.7 Å². The first-order valence-electron chi connectivity index (χ1n) is 7.34. The molecule has 0 bridgehead atoms. The molecule has 1 unspecified atom stereocenters. The molecular weight excluding hydrogens is 262 g/mol. The van der Waals surface area contributed by atoms with Crippen molar-refractivity contribution in [2.75, 3.05) is 20.2 Å². The van der Waals surface area contributed by atoms with E-state index < -0.39 is 0 Å². The fourth-order valence-electron chi connectivity index (χ4n) is 2.90. The zero-order valence-electron chi connectivity index (χ0n) is 12.3. The minimum atomic E-state index is 0.201. The first-order chi connectivity index (χ1) is 10.3. The molecule has 1 atom stereocenters. The van der Waals surface area contributed by atoms with Crippen molar-refractivity contribution in [3.05, 3.63) is 65.2 Å². The number of hydrogen-bond acceptors (Lipinski definition) is 2. The van der Waals surface area contributed by atoms with Crippen molar-refractivity contribution in [3.63, 3.8) is 0 Å². The number of ketones is 1. The average Bonchev–Trinajstić information content (AvgIpc) is 2.55. The van der Waals surface area contributed by atoms with Gasteiger partial charge in [-0.3, -0.25) is 4.79 Å². The minimum Gasteiger partial charge on any atom is -0.497 e. The van der Waals surface area contributed by atoms with Gasteiger partial charge >= 0.3 is 0 Å². The monoisotopic (exact) mass is 282 g/mol. The number of carbonyl (C=O) groups excluding carboxylic acids is 1. The summed E-state index contributed by atoms with van der Waals surface area (Å²) in [6, 6.07) is 15.9. The van der Waals surface area contributed by atoms with Crippen LogP contribution < -0.4 is 9.64 Å². The van der Waals surface area contributed by atoms with Crippen molar-refractivity contribution in [1.82, 2.24) is 0 Å². The van der Waals surface area contributed by atoms with Gasteiger partial charge in [0.15, 0.2) is 0 Å². The molecule has 0 aromatic heterocycles. The Hall–Kier alpha value is -2.13. The first-order valence-corrected chi connectivity index (χ1v) is 7.34. The third kappa shape index (κ3) is 3.14. The number of rotatable bonds is 4. The Kier molecular flexibility index (Phi) is 4.02. The molecule has 3 heteroatoms. The van der Waals surface area contributed by atoms with Crippen LogP contribution in [0.15, 0.2) is 48.5 Å². The number of benzene rings is 2. The second-order valence-electron chi connectivity index (χ2n) is 5.52. The molecule has 0 aliphatic carbocycles. The van der Waals surface area contributed by atoms with Crippen LogP contribution in [0, 0.1) is 0 Å². The standard InChI is InChI=1S/C18H19NO2/c1-21-17-8-6-15(7-9-17)18(20)13-19-11-10-14-4-2-3-5-16(14)12-19/h2-9H,10-13H2,1H3/p+1. The second-order valence-corrected chi connectivity index (χ2v) is 5.52. The Morgan fingerprint density at radius 2 is 1.81 bits per heavy atom. The lowest BCUT2D eigenvalue weighted by molar-refractivity contribution is -0.907. The molecule has 108 valence electrons. The van der Waals surface area contributed by atoms with E-state index in [9.17, 15) is 4.79 Å². The molecule has 0 saturated heterocycles. The maximum absolute atomic E-state index is 12.4. The summed E-state index contributed by atoms with van der Waals surface area (Å²) >= 11 is 0. The van der Waals surface area contributed by atoms with E-state index >= 15 is 0 Å². The van der Waals surface area contributed by atoms with Gasteiger partial charge in [0, 0.05) is 17.5 Å². The fraction of sp³-hybridized carbons (Fsp3) is 0.278. The molecule has 1 N–H and O–H groups in total. The molecule has 3 nitrogen and oxygen atoms in total. The minimum absolute atomic E-state index is 0.201. The predicted molar refractivity (Wildman–Crippen MR) is 81.9 cm³/mol. The molecule has 2 aromatic carbocycles. The molecule has 3 rings (SSSR count). The van der Waals surface area contributed by atoms with Crippen molar-refractivity contribution >= 4 is 5.78 Å². The van der Waals surface area contributed by atoms with Crippen molar-refractivity contribution in [2.24, 2.45) is 0 Å². The third-order valence-corrected chi connectivity index (χ3v) is 4.13. The lowest BCUT2D eigenvalue weighted by atomic mass is 9.99. The highest BCUT2D eigenvalue weighted by atomic mass is 16.5. The molecule has 0 fully saturated rings. The summed E-state index contributed by atoms with van der Waals surface area (Å²) in [5.74, 6) is 0.984. The summed E-state index contributed by atoms with van der Waals surface area (Å²) in [6.45, 7) is 2.53. The van der Waals surface area contributed by atoms with Gasteiger partial charge in [-0.25, -0.2) is 0 Å². The zero-order chi connectivity index (χ0) is 14.7. The highest BCUT2D eigenvalue weighted by Crippen LogP contribution is 2.12. The quantitative estimate of drug-likeness (QED) is 0.862. The molecule has 0 radical (unpaired) electrons. The number of quaternary nitrogens is 1. The summed E-state index contributed by atoms with van der Waals surface area (Å²) in [5, 5.41) is 0.